The molecule has 1 aliphatic heterocycles. The van der Waals surface area contributed by atoms with E-state index in [-0.39, 0.29) is 11.8 Å². The van der Waals surface area contributed by atoms with Crippen molar-refractivity contribution in [1.29, 1.82) is 0 Å². The van der Waals surface area contributed by atoms with Gasteiger partial charge in [0, 0.05) is 37.3 Å². The molecule has 102 valence electrons. The molecule has 0 atom stereocenters. The van der Waals surface area contributed by atoms with Crippen molar-refractivity contribution in [2.45, 2.75) is 25.7 Å². The fourth-order valence-electron chi connectivity index (χ4n) is 2.19. The summed E-state index contributed by atoms with van der Waals surface area (Å²) in [6, 6.07) is 7.38. The molecule has 1 fully saturated rings. The molecule has 5 nitrogen and oxygen atoms in total. The molecule has 2 rings (SSSR count). The maximum atomic E-state index is 11.9. The van der Waals surface area contributed by atoms with E-state index >= 15 is 0 Å². The number of hydrogen-bond acceptors (Lipinski definition) is 3. The second kappa shape index (κ2) is 6.33. The van der Waals surface area contributed by atoms with Gasteiger partial charge in [-0.25, -0.2) is 0 Å². The second-order valence-electron chi connectivity index (χ2n) is 4.64. The Morgan fingerprint density at radius 2 is 2.21 bits per heavy atom. The molecular weight excluding hydrogens is 242 g/mol. The zero-order valence-corrected chi connectivity index (χ0v) is 10.9. The molecule has 1 heterocycles. The van der Waals surface area contributed by atoms with Gasteiger partial charge in [0.05, 0.1) is 0 Å². The zero-order chi connectivity index (χ0) is 13.7. The van der Waals surface area contributed by atoms with Crippen LogP contribution in [0.2, 0.25) is 0 Å². The fourth-order valence-corrected chi connectivity index (χ4v) is 2.19. The van der Waals surface area contributed by atoms with Crippen LogP contribution in [0.5, 0.6) is 0 Å². The van der Waals surface area contributed by atoms with E-state index in [4.69, 9.17) is 5.73 Å². The normalized spacial score (nSPS) is 15.4. The summed E-state index contributed by atoms with van der Waals surface area (Å²) in [5.41, 5.74) is 6.88. The van der Waals surface area contributed by atoms with Crippen LogP contribution in [0.25, 0.3) is 0 Å². The molecule has 5 heteroatoms. The highest BCUT2D eigenvalue weighted by Crippen LogP contribution is 2.23. The van der Waals surface area contributed by atoms with Crippen LogP contribution in [0.15, 0.2) is 24.3 Å². The molecule has 1 aromatic rings. The lowest BCUT2D eigenvalue weighted by molar-refractivity contribution is -0.119. The first-order valence-corrected chi connectivity index (χ1v) is 6.61. The first-order chi connectivity index (χ1) is 9.20. The lowest BCUT2D eigenvalue weighted by Crippen LogP contribution is -2.35. The summed E-state index contributed by atoms with van der Waals surface area (Å²) in [6.07, 6.45) is 2.88. The minimum Gasteiger partial charge on any atom is -0.330 e. The number of hydrogen-bond donors (Lipinski definition) is 2. The Morgan fingerprint density at radius 3 is 2.95 bits per heavy atom. The number of carbonyl (C=O) groups is 2. The molecule has 0 radical (unpaired) electrons. The summed E-state index contributed by atoms with van der Waals surface area (Å²) >= 11 is 0. The average molecular weight is 261 g/mol. The van der Waals surface area contributed by atoms with Crippen molar-refractivity contribution >= 4 is 23.2 Å². The molecule has 0 bridgehead atoms. The van der Waals surface area contributed by atoms with Gasteiger partial charge in [0.25, 0.3) is 0 Å². The number of anilines is 2. The fraction of sp³-hybridized carbons (Fsp3) is 0.429. The third kappa shape index (κ3) is 3.54. The maximum Gasteiger partial charge on any atom is 0.226 e. The molecule has 0 unspecified atom stereocenters. The Balaban J connectivity index is 2.10. The molecule has 0 aromatic heterocycles. The number of benzene rings is 1. The van der Waals surface area contributed by atoms with Crippen molar-refractivity contribution in [3.8, 4) is 0 Å². The van der Waals surface area contributed by atoms with Crippen molar-refractivity contribution < 1.29 is 9.59 Å². The molecule has 1 saturated heterocycles. The number of rotatable bonds is 4. The number of nitrogens with zero attached hydrogens (tertiary/aromatic N) is 1. The molecule has 3 N–H and O–H groups in total. The summed E-state index contributed by atoms with van der Waals surface area (Å²) in [4.78, 5) is 25.1. The molecule has 19 heavy (non-hydrogen) atoms. The number of nitrogens with one attached hydrogen (secondary N) is 1. The van der Waals surface area contributed by atoms with Gasteiger partial charge in [0.1, 0.15) is 0 Å². The predicted octanol–water partition coefficient (Wildman–Crippen LogP) is 1.49. The lowest BCUT2D eigenvalue weighted by atomic mass is 10.1. The van der Waals surface area contributed by atoms with E-state index in [0.29, 0.717) is 25.1 Å². The van der Waals surface area contributed by atoms with Gasteiger partial charge in [-0.05, 0) is 31.0 Å². The molecular formula is C14H19N3O2. The zero-order valence-electron chi connectivity index (χ0n) is 10.9. The van der Waals surface area contributed by atoms with E-state index < -0.39 is 0 Å². The van der Waals surface area contributed by atoms with Crippen LogP contribution in [0.3, 0.4) is 0 Å². The van der Waals surface area contributed by atoms with Gasteiger partial charge >= 0.3 is 0 Å². The Kier molecular flexibility index (Phi) is 4.52. The van der Waals surface area contributed by atoms with Crippen molar-refractivity contribution in [3.63, 3.8) is 0 Å². The van der Waals surface area contributed by atoms with Crippen LogP contribution < -0.4 is 16.0 Å². The van der Waals surface area contributed by atoms with Crippen LogP contribution >= 0.6 is 0 Å². The standard InChI is InChI=1S/C14H19N3O2/c15-8-7-13(18)16-11-4-3-5-12(10-11)17-9-2-1-6-14(17)19/h3-5,10H,1-2,6-9,15H2,(H,16,18). The summed E-state index contributed by atoms with van der Waals surface area (Å²) in [5, 5.41) is 2.78. The Bertz CT molecular complexity index is 474. The molecule has 1 aliphatic rings. The summed E-state index contributed by atoms with van der Waals surface area (Å²) in [6.45, 7) is 1.08. The summed E-state index contributed by atoms with van der Waals surface area (Å²) in [7, 11) is 0. The van der Waals surface area contributed by atoms with Crippen molar-refractivity contribution in [2.75, 3.05) is 23.3 Å². The lowest BCUT2D eigenvalue weighted by Gasteiger charge is -2.27. The van der Waals surface area contributed by atoms with Crippen LogP contribution in [-0.4, -0.2) is 24.9 Å². The van der Waals surface area contributed by atoms with Crippen LogP contribution in [0.1, 0.15) is 25.7 Å². The van der Waals surface area contributed by atoms with Gasteiger partial charge in [-0.3, -0.25) is 9.59 Å². The van der Waals surface area contributed by atoms with Crippen molar-refractivity contribution in [1.82, 2.24) is 0 Å². The SMILES string of the molecule is NCCC(=O)Nc1cccc(N2CCCCC2=O)c1. The van der Waals surface area contributed by atoms with E-state index in [1.807, 2.05) is 24.3 Å². The highest BCUT2D eigenvalue weighted by molar-refractivity contribution is 5.96. The van der Waals surface area contributed by atoms with Gasteiger partial charge in [0.2, 0.25) is 11.8 Å². The van der Waals surface area contributed by atoms with Gasteiger partial charge in [-0.2, -0.15) is 0 Å². The smallest absolute Gasteiger partial charge is 0.226 e. The predicted molar refractivity (Wildman–Crippen MR) is 74.9 cm³/mol. The van der Waals surface area contributed by atoms with Crippen molar-refractivity contribution in [2.24, 2.45) is 5.73 Å². The monoisotopic (exact) mass is 261 g/mol. The molecule has 2 amide bonds. The molecule has 0 spiro atoms. The highest BCUT2D eigenvalue weighted by Gasteiger charge is 2.19. The third-order valence-corrected chi connectivity index (χ3v) is 3.14. The Labute approximate surface area is 112 Å². The van der Waals surface area contributed by atoms with E-state index in [1.165, 1.54) is 0 Å². The Morgan fingerprint density at radius 1 is 1.37 bits per heavy atom. The summed E-state index contributed by atoms with van der Waals surface area (Å²) < 4.78 is 0. The van der Waals surface area contributed by atoms with Gasteiger partial charge < -0.3 is 16.0 Å². The quantitative estimate of drug-likeness (QED) is 0.862. The number of nitrogens with two attached hydrogens (primary N) is 1. The van der Waals surface area contributed by atoms with E-state index in [9.17, 15) is 9.59 Å². The van der Waals surface area contributed by atoms with Crippen LogP contribution in [0.4, 0.5) is 11.4 Å². The first-order valence-electron chi connectivity index (χ1n) is 6.61. The first kappa shape index (κ1) is 13.5. The molecule has 0 aliphatic carbocycles. The third-order valence-electron chi connectivity index (χ3n) is 3.14. The van der Waals surface area contributed by atoms with Gasteiger partial charge in [0.15, 0.2) is 0 Å². The number of amides is 2. The van der Waals surface area contributed by atoms with E-state index in [1.54, 1.807) is 4.90 Å². The minimum absolute atomic E-state index is 0.107. The minimum atomic E-state index is -0.107. The van der Waals surface area contributed by atoms with E-state index in [2.05, 4.69) is 5.32 Å². The maximum absolute atomic E-state index is 11.9. The highest BCUT2D eigenvalue weighted by atomic mass is 16.2. The Hall–Kier alpha value is -1.88. The second-order valence-corrected chi connectivity index (χ2v) is 4.64. The number of carbonyl (C=O) groups excluding carboxylic acids is 2. The van der Waals surface area contributed by atoms with Crippen LogP contribution in [-0.2, 0) is 9.59 Å². The largest absolute Gasteiger partial charge is 0.330 e. The topological polar surface area (TPSA) is 75.4 Å². The molecule has 1 aromatic carbocycles. The van der Waals surface area contributed by atoms with Gasteiger partial charge in [-0.1, -0.05) is 6.07 Å². The average Bonchev–Trinajstić information content (AvgIpc) is 2.40. The molecule has 0 saturated carbocycles. The van der Waals surface area contributed by atoms with Gasteiger partial charge in [-0.15, -0.1) is 0 Å². The number of piperidine rings is 1. The van der Waals surface area contributed by atoms with E-state index in [0.717, 1.165) is 25.1 Å². The van der Waals surface area contributed by atoms with Crippen molar-refractivity contribution in [3.05, 3.63) is 24.3 Å². The summed E-state index contributed by atoms with van der Waals surface area (Å²) in [5.74, 6) is 0.0429. The van der Waals surface area contributed by atoms with Crippen LogP contribution in [0, 0.1) is 0 Å².